The van der Waals surface area contributed by atoms with E-state index in [2.05, 4.69) is 6.92 Å². The maximum absolute atomic E-state index is 12.7. The third kappa shape index (κ3) is 4.29. The Morgan fingerprint density at radius 1 is 1.04 bits per heavy atom. The first-order valence-electron chi connectivity index (χ1n) is 8.99. The first kappa shape index (κ1) is 18.5. The maximum Gasteiger partial charge on any atom is 0.255 e. The predicted octanol–water partition coefficient (Wildman–Crippen LogP) is 4.10. The predicted molar refractivity (Wildman–Crippen MR) is 100 cm³/mol. The third-order valence-electron chi connectivity index (χ3n) is 5.26. The Hall–Kier alpha value is -1.26. The molecule has 6 heteroatoms. The van der Waals surface area contributed by atoms with E-state index in [0.717, 1.165) is 32.4 Å². The zero-order valence-electron chi connectivity index (χ0n) is 14.5. The number of hydrogen-bond acceptors (Lipinski definition) is 2. The molecule has 0 spiro atoms. The molecule has 2 amide bonds. The molecule has 1 unspecified atom stereocenters. The average Bonchev–Trinajstić information content (AvgIpc) is 2.61. The summed E-state index contributed by atoms with van der Waals surface area (Å²) in [5.41, 5.74) is 0.473. The number of halogens is 2. The van der Waals surface area contributed by atoms with Crippen molar-refractivity contribution in [3.05, 3.63) is 33.8 Å². The van der Waals surface area contributed by atoms with Crippen LogP contribution in [0.15, 0.2) is 18.2 Å². The average molecular weight is 383 g/mol. The van der Waals surface area contributed by atoms with Crippen LogP contribution in [0.1, 0.15) is 43.0 Å². The molecule has 1 aromatic carbocycles. The Morgan fingerprint density at radius 3 is 2.40 bits per heavy atom. The van der Waals surface area contributed by atoms with E-state index >= 15 is 0 Å². The van der Waals surface area contributed by atoms with Gasteiger partial charge in [-0.15, -0.1) is 0 Å². The van der Waals surface area contributed by atoms with Crippen LogP contribution >= 0.6 is 23.2 Å². The van der Waals surface area contributed by atoms with E-state index in [1.54, 1.807) is 23.1 Å². The quantitative estimate of drug-likeness (QED) is 0.772. The van der Waals surface area contributed by atoms with E-state index in [1.807, 2.05) is 4.90 Å². The van der Waals surface area contributed by atoms with Crippen LogP contribution in [-0.4, -0.2) is 47.8 Å². The van der Waals surface area contributed by atoms with Crippen LogP contribution in [-0.2, 0) is 4.79 Å². The van der Waals surface area contributed by atoms with Gasteiger partial charge >= 0.3 is 0 Å². The van der Waals surface area contributed by atoms with Gasteiger partial charge in [-0.2, -0.15) is 0 Å². The fourth-order valence-corrected chi connectivity index (χ4v) is 4.30. The summed E-state index contributed by atoms with van der Waals surface area (Å²) in [5.74, 6) is 0.809. The molecule has 0 radical (unpaired) electrons. The van der Waals surface area contributed by atoms with Gasteiger partial charge in [0.25, 0.3) is 5.91 Å². The number of benzene rings is 1. The standard InChI is InChI=1S/C19H24Cl2N2O2/c1-13-3-2-8-23(12-13)18(24)14-6-9-22(10-7-14)19(25)16-5-4-15(20)11-17(16)21/h4-5,11,13-14H,2-3,6-10,12H2,1H3. The van der Waals surface area contributed by atoms with Crippen molar-refractivity contribution in [1.82, 2.24) is 9.80 Å². The SMILES string of the molecule is CC1CCCN(C(=O)C2CCN(C(=O)c3ccc(Cl)cc3Cl)CC2)C1. The second kappa shape index (κ2) is 7.96. The Labute approximate surface area is 159 Å². The summed E-state index contributed by atoms with van der Waals surface area (Å²) in [5, 5.41) is 0.889. The molecule has 0 aromatic heterocycles. The monoisotopic (exact) mass is 382 g/mol. The summed E-state index contributed by atoms with van der Waals surface area (Å²) in [6.07, 6.45) is 3.75. The van der Waals surface area contributed by atoms with E-state index in [-0.39, 0.29) is 17.7 Å². The highest BCUT2D eigenvalue weighted by Crippen LogP contribution is 2.27. The Bertz CT molecular complexity index is 657. The molecule has 0 aliphatic carbocycles. The van der Waals surface area contributed by atoms with Gasteiger partial charge in [0.1, 0.15) is 0 Å². The smallest absolute Gasteiger partial charge is 0.255 e. The first-order chi connectivity index (χ1) is 12.0. The lowest BCUT2D eigenvalue weighted by atomic mass is 9.92. The van der Waals surface area contributed by atoms with Crippen LogP contribution < -0.4 is 0 Å². The molecule has 4 nitrogen and oxygen atoms in total. The van der Waals surface area contributed by atoms with Gasteiger partial charge in [0.05, 0.1) is 10.6 Å². The molecular formula is C19H24Cl2N2O2. The van der Waals surface area contributed by atoms with Crippen molar-refractivity contribution in [3.63, 3.8) is 0 Å². The first-order valence-corrected chi connectivity index (χ1v) is 9.74. The summed E-state index contributed by atoms with van der Waals surface area (Å²) >= 11 is 12.0. The lowest BCUT2D eigenvalue weighted by Crippen LogP contribution is -2.47. The number of carbonyl (C=O) groups excluding carboxylic acids is 2. The molecule has 1 aromatic rings. The van der Waals surface area contributed by atoms with Crippen molar-refractivity contribution in [2.45, 2.75) is 32.6 Å². The van der Waals surface area contributed by atoms with Gasteiger partial charge in [-0.05, 0) is 49.8 Å². The lowest BCUT2D eigenvalue weighted by Gasteiger charge is -2.37. The molecule has 0 N–H and O–H groups in total. The molecule has 25 heavy (non-hydrogen) atoms. The lowest BCUT2D eigenvalue weighted by molar-refractivity contribution is -0.138. The Morgan fingerprint density at radius 2 is 1.76 bits per heavy atom. The number of amides is 2. The summed E-state index contributed by atoms with van der Waals surface area (Å²) in [6, 6.07) is 4.93. The van der Waals surface area contributed by atoms with E-state index < -0.39 is 0 Å². The number of likely N-dealkylation sites (tertiary alicyclic amines) is 2. The fourth-order valence-electron chi connectivity index (χ4n) is 3.81. The van der Waals surface area contributed by atoms with Crippen LogP contribution in [0.3, 0.4) is 0 Å². The highest BCUT2D eigenvalue weighted by atomic mass is 35.5. The second-order valence-electron chi connectivity index (χ2n) is 7.22. The van der Waals surface area contributed by atoms with Gasteiger partial charge in [-0.25, -0.2) is 0 Å². The molecular weight excluding hydrogens is 359 g/mol. The van der Waals surface area contributed by atoms with Crippen LogP contribution in [0.4, 0.5) is 0 Å². The van der Waals surface area contributed by atoms with E-state index in [9.17, 15) is 9.59 Å². The van der Waals surface area contributed by atoms with E-state index in [4.69, 9.17) is 23.2 Å². The molecule has 2 fully saturated rings. The molecule has 1 atom stereocenters. The zero-order valence-corrected chi connectivity index (χ0v) is 16.0. The number of piperidine rings is 2. The van der Waals surface area contributed by atoms with Crippen molar-refractivity contribution in [3.8, 4) is 0 Å². The second-order valence-corrected chi connectivity index (χ2v) is 8.07. The van der Waals surface area contributed by atoms with Crippen LogP contribution in [0.2, 0.25) is 10.0 Å². The topological polar surface area (TPSA) is 40.6 Å². The molecule has 2 aliphatic rings. The van der Waals surface area contributed by atoms with Gasteiger partial charge in [-0.3, -0.25) is 9.59 Å². The van der Waals surface area contributed by atoms with E-state index in [1.165, 1.54) is 6.42 Å². The number of nitrogens with zero attached hydrogens (tertiary/aromatic N) is 2. The highest BCUT2D eigenvalue weighted by Gasteiger charge is 2.32. The summed E-state index contributed by atoms with van der Waals surface area (Å²) in [6.45, 7) is 5.15. The van der Waals surface area contributed by atoms with Gasteiger partial charge < -0.3 is 9.80 Å². The van der Waals surface area contributed by atoms with Crippen LogP contribution in [0.25, 0.3) is 0 Å². The largest absolute Gasteiger partial charge is 0.342 e. The molecule has 2 heterocycles. The summed E-state index contributed by atoms with van der Waals surface area (Å²) < 4.78 is 0. The molecule has 0 saturated carbocycles. The van der Waals surface area contributed by atoms with Crippen LogP contribution in [0.5, 0.6) is 0 Å². The van der Waals surface area contributed by atoms with Gasteiger partial charge in [0.15, 0.2) is 0 Å². The van der Waals surface area contributed by atoms with Crippen molar-refractivity contribution in [2.24, 2.45) is 11.8 Å². The summed E-state index contributed by atoms with van der Waals surface area (Å²) in [7, 11) is 0. The maximum atomic E-state index is 12.7. The molecule has 0 bridgehead atoms. The van der Waals surface area contributed by atoms with Gasteiger partial charge in [-0.1, -0.05) is 30.1 Å². The Balaban J connectivity index is 1.58. The van der Waals surface area contributed by atoms with E-state index in [0.29, 0.717) is 34.6 Å². The van der Waals surface area contributed by atoms with Gasteiger partial charge in [0, 0.05) is 37.1 Å². The third-order valence-corrected chi connectivity index (χ3v) is 5.81. The summed E-state index contributed by atoms with van der Waals surface area (Å²) in [4.78, 5) is 29.2. The minimum atomic E-state index is -0.0841. The number of rotatable bonds is 2. The molecule has 2 aliphatic heterocycles. The minimum absolute atomic E-state index is 0.0371. The van der Waals surface area contributed by atoms with Crippen molar-refractivity contribution in [1.29, 1.82) is 0 Å². The normalized spacial score (nSPS) is 22.1. The fraction of sp³-hybridized carbons (Fsp3) is 0.579. The van der Waals surface area contributed by atoms with Crippen LogP contribution in [0, 0.1) is 11.8 Å². The van der Waals surface area contributed by atoms with Gasteiger partial charge in [0.2, 0.25) is 5.91 Å². The highest BCUT2D eigenvalue weighted by molar-refractivity contribution is 6.36. The Kier molecular flexibility index (Phi) is 5.90. The minimum Gasteiger partial charge on any atom is -0.342 e. The molecule has 136 valence electrons. The number of hydrogen-bond donors (Lipinski definition) is 0. The molecule has 2 saturated heterocycles. The van der Waals surface area contributed by atoms with Crippen molar-refractivity contribution in [2.75, 3.05) is 26.2 Å². The van der Waals surface area contributed by atoms with Crippen molar-refractivity contribution >= 4 is 35.0 Å². The zero-order chi connectivity index (χ0) is 18.0. The molecule has 3 rings (SSSR count). The van der Waals surface area contributed by atoms with Crippen molar-refractivity contribution < 1.29 is 9.59 Å². The number of carbonyl (C=O) groups is 2.